The van der Waals surface area contributed by atoms with Crippen molar-refractivity contribution in [1.29, 1.82) is 0 Å². The fourth-order valence-corrected chi connectivity index (χ4v) is 2.89. The highest BCUT2D eigenvalue weighted by atomic mass is 127. The van der Waals surface area contributed by atoms with Crippen LogP contribution in [0.4, 0.5) is 0 Å². The first kappa shape index (κ1) is 14.4. The van der Waals surface area contributed by atoms with Crippen LogP contribution >= 0.6 is 33.9 Å². The molecule has 0 fully saturated rings. The van der Waals surface area contributed by atoms with Crippen LogP contribution in [0.15, 0.2) is 29.6 Å². The molecule has 2 aromatic rings. The molecule has 4 nitrogen and oxygen atoms in total. The minimum absolute atomic E-state index is 0.137. The molecule has 0 saturated carbocycles. The Bertz CT molecular complexity index is 583. The van der Waals surface area contributed by atoms with Crippen molar-refractivity contribution in [3.8, 4) is 0 Å². The Morgan fingerprint density at radius 1 is 1.58 bits per heavy atom. The number of rotatable bonds is 4. The number of thiazole rings is 1. The van der Waals surface area contributed by atoms with Crippen molar-refractivity contribution >= 4 is 39.8 Å². The van der Waals surface area contributed by atoms with E-state index in [1.54, 1.807) is 5.38 Å². The van der Waals surface area contributed by atoms with E-state index in [9.17, 15) is 4.79 Å². The molecule has 0 spiro atoms. The zero-order chi connectivity index (χ0) is 13.8. The molecule has 0 aliphatic rings. The van der Waals surface area contributed by atoms with Crippen molar-refractivity contribution in [2.75, 3.05) is 0 Å². The summed E-state index contributed by atoms with van der Waals surface area (Å²) >= 11 is 3.66. The van der Waals surface area contributed by atoms with Crippen molar-refractivity contribution < 1.29 is 4.79 Å². The molecular weight excluding hydrogens is 373 g/mol. The Kier molecular flexibility index (Phi) is 4.89. The summed E-state index contributed by atoms with van der Waals surface area (Å²) in [6, 6.07) is 7.87. The van der Waals surface area contributed by atoms with Gasteiger partial charge in [0.25, 0.3) is 5.91 Å². The lowest BCUT2D eigenvalue weighted by Gasteiger charge is -2.04. The molecule has 0 radical (unpaired) electrons. The maximum absolute atomic E-state index is 11.9. The van der Waals surface area contributed by atoms with E-state index in [4.69, 9.17) is 5.73 Å². The third-order valence-corrected chi connectivity index (χ3v) is 4.20. The Labute approximate surface area is 129 Å². The van der Waals surface area contributed by atoms with Crippen molar-refractivity contribution in [2.45, 2.75) is 19.5 Å². The molecule has 1 aromatic carbocycles. The van der Waals surface area contributed by atoms with Gasteiger partial charge in [0, 0.05) is 15.5 Å². The molecule has 1 atom stereocenters. The number of carbonyl (C=O) groups is 1. The third kappa shape index (κ3) is 3.99. The molecule has 0 aliphatic carbocycles. The summed E-state index contributed by atoms with van der Waals surface area (Å²) in [4.78, 5) is 16.1. The number of nitrogens with zero attached hydrogens (tertiary/aromatic N) is 1. The van der Waals surface area contributed by atoms with Crippen LogP contribution in [-0.2, 0) is 6.54 Å². The first-order valence-corrected chi connectivity index (χ1v) is 7.76. The highest BCUT2D eigenvalue weighted by Gasteiger charge is 2.12. The van der Waals surface area contributed by atoms with Gasteiger partial charge in [-0.15, -0.1) is 11.3 Å². The molecular formula is C13H14IN3OS. The standard InChI is InChI=1S/C13H14IN3OS/c1-8(15)13-17-11(7-19-13)12(18)16-6-9-3-2-4-10(14)5-9/h2-5,7-8H,6,15H2,1H3,(H,16,18). The van der Waals surface area contributed by atoms with Gasteiger partial charge in [0.1, 0.15) is 10.7 Å². The van der Waals surface area contributed by atoms with Gasteiger partial charge < -0.3 is 11.1 Å². The van der Waals surface area contributed by atoms with E-state index in [0.717, 1.165) is 14.1 Å². The summed E-state index contributed by atoms with van der Waals surface area (Å²) < 4.78 is 1.15. The predicted molar refractivity (Wildman–Crippen MR) is 85.0 cm³/mol. The predicted octanol–water partition coefficient (Wildman–Crippen LogP) is 2.70. The molecule has 0 bridgehead atoms. The molecule has 0 aliphatic heterocycles. The van der Waals surface area contributed by atoms with E-state index < -0.39 is 0 Å². The van der Waals surface area contributed by atoms with Crippen LogP contribution in [0.3, 0.4) is 0 Å². The molecule has 3 N–H and O–H groups in total. The smallest absolute Gasteiger partial charge is 0.271 e. The zero-order valence-electron chi connectivity index (χ0n) is 10.4. The molecule has 1 heterocycles. The normalized spacial score (nSPS) is 12.2. The van der Waals surface area contributed by atoms with Gasteiger partial charge in [-0.1, -0.05) is 12.1 Å². The summed E-state index contributed by atoms with van der Waals surface area (Å²) in [6.07, 6.45) is 0. The van der Waals surface area contributed by atoms with E-state index >= 15 is 0 Å². The van der Waals surface area contributed by atoms with Crippen LogP contribution in [0.1, 0.15) is 34.0 Å². The van der Waals surface area contributed by atoms with Gasteiger partial charge in [0.15, 0.2) is 0 Å². The second-order valence-corrected chi connectivity index (χ2v) is 6.31. The number of amides is 1. The quantitative estimate of drug-likeness (QED) is 0.793. The third-order valence-electron chi connectivity index (χ3n) is 2.49. The van der Waals surface area contributed by atoms with Crippen LogP contribution in [0.2, 0.25) is 0 Å². The van der Waals surface area contributed by atoms with Crippen LogP contribution in [-0.4, -0.2) is 10.9 Å². The largest absolute Gasteiger partial charge is 0.347 e. The average Bonchev–Trinajstić information content (AvgIpc) is 2.86. The number of nitrogens with one attached hydrogen (secondary N) is 1. The second-order valence-electron chi connectivity index (χ2n) is 4.17. The summed E-state index contributed by atoms with van der Waals surface area (Å²) in [6.45, 7) is 2.35. The molecule has 1 aromatic heterocycles. The van der Waals surface area contributed by atoms with E-state index in [1.165, 1.54) is 11.3 Å². The first-order chi connectivity index (χ1) is 9.06. The monoisotopic (exact) mass is 387 g/mol. The summed E-state index contributed by atoms with van der Waals surface area (Å²) in [5.74, 6) is -0.165. The lowest BCUT2D eigenvalue weighted by Crippen LogP contribution is -2.23. The lowest BCUT2D eigenvalue weighted by molar-refractivity contribution is 0.0946. The lowest BCUT2D eigenvalue weighted by atomic mass is 10.2. The van der Waals surface area contributed by atoms with Crippen LogP contribution in [0, 0.1) is 3.57 Å². The molecule has 100 valence electrons. The average molecular weight is 387 g/mol. The fraction of sp³-hybridized carbons (Fsp3) is 0.231. The minimum Gasteiger partial charge on any atom is -0.347 e. The molecule has 1 unspecified atom stereocenters. The van der Waals surface area contributed by atoms with Gasteiger partial charge in [0.2, 0.25) is 0 Å². The molecule has 1 amide bonds. The maximum atomic E-state index is 11.9. The number of aromatic nitrogens is 1. The summed E-state index contributed by atoms with van der Waals surface area (Å²) in [7, 11) is 0. The topological polar surface area (TPSA) is 68.0 Å². The second kappa shape index (κ2) is 6.44. The van der Waals surface area contributed by atoms with E-state index in [0.29, 0.717) is 12.2 Å². The van der Waals surface area contributed by atoms with Crippen molar-refractivity contribution in [2.24, 2.45) is 5.73 Å². The number of nitrogens with two attached hydrogens (primary N) is 1. The zero-order valence-corrected chi connectivity index (χ0v) is 13.4. The number of benzene rings is 1. The number of halogens is 1. The van der Waals surface area contributed by atoms with Gasteiger partial charge >= 0.3 is 0 Å². The van der Waals surface area contributed by atoms with Gasteiger partial charge in [-0.25, -0.2) is 4.98 Å². The Morgan fingerprint density at radius 2 is 2.37 bits per heavy atom. The number of hydrogen-bond donors (Lipinski definition) is 2. The van der Waals surface area contributed by atoms with E-state index in [2.05, 4.69) is 32.9 Å². The Morgan fingerprint density at radius 3 is 3.00 bits per heavy atom. The van der Waals surface area contributed by atoms with E-state index in [-0.39, 0.29) is 11.9 Å². The van der Waals surface area contributed by atoms with Crippen molar-refractivity contribution in [1.82, 2.24) is 10.3 Å². The summed E-state index contributed by atoms with van der Waals surface area (Å²) in [5.41, 5.74) is 7.23. The molecule has 6 heteroatoms. The highest BCUT2D eigenvalue weighted by molar-refractivity contribution is 14.1. The van der Waals surface area contributed by atoms with Gasteiger partial charge in [-0.3, -0.25) is 4.79 Å². The van der Waals surface area contributed by atoms with Crippen LogP contribution in [0.5, 0.6) is 0 Å². The van der Waals surface area contributed by atoms with Crippen molar-refractivity contribution in [3.63, 3.8) is 0 Å². The summed E-state index contributed by atoms with van der Waals surface area (Å²) in [5, 5.41) is 5.37. The Balaban J connectivity index is 1.97. The van der Waals surface area contributed by atoms with Gasteiger partial charge in [-0.2, -0.15) is 0 Å². The Hall–Kier alpha value is -0.990. The van der Waals surface area contributed by atoms with Crippen LogP contribution in [0.25, 0.3) is 0 Å². The number of carbonyl (C=O) groups excluding carboxylic acids is 1. The van der Waals surface area contributed by atoms with Gasteiger partial charge in [0.05, 0.1) is 6.04 Å². The molecule has 19 heavy (non-hydrogen) atoms. The molecule has 0 saturated heterocycles. The van der Waals surface area contributed by atoms with Gasteiger partial charge in [-0.05, 0) is 47.2 Å². The highest BCUT2D eigenvalue weighted by Crippen LogP contribution is 2.15. The fourth-order valence-electron chi connectivity index (χ4n) is 1.52. The van der Waals surface area contributed by atoms with Crippen LogP contribution < -0.4 is 11.1 Å². The van der Waals surface area contributed by atoms with Crippen molar-refractivity contribution in [3.05, 3.63) is 49.5 Å². The maximum Gasteiger partial charge on any atom is 0.271 e. The number of hydrogen-bond acceptors (Lipinski definition) is 4. The minimum atomic E-state index is -0.165. The van der Waals surface area contributed by atoms with E-state index in [1.807, 2.05) is 31.2 Å². The first-order valence-electron chi connectivity index (χ1n) is 5.80. The SMILES string of the molecule is CC(N)c1nc(C(=O)NCc2cccc(I)c2)cs1. The molecule has 2 rings (SSSR count).